The van der Waals surface area contributed by atoms with Crippen molar-refractivity contribution in [3.63, 3.8) is 0 Å². The largest absolute Gasteiger partial charge is 0.354 e. The van der Waals surface area contributed by atoms with E-state index in [1.54, 1.807) is 7.05 Å². The maximum atomic E-state index is 12.2. The lowest BCUT2D eigenvalue weighted by Crippen LogP contribution is -2.62. The highest BCUT2D eigenvalue weighted by Gasteiger charge is 2.39. The van der Waals surface area contributed by atoms with Gasteiger partial charge in [-0.25, -0.2) is 0 Å². The summed E-state index contributed by atoms with van der Waals surface area (Å²) in [4.78, 5) is 30.8. The Bertz CT molecular complexity index is 744. The van der Waals surface area contributed by atoms with E-state index in [4.69, 9.17) is 0 Å². The molecule has 4 atom stereocenters. The number of amides is 2. The molecule has 3 aliphatic rings. The number of carbonyl (C=O) groups excluding carboxylic acids is 2. The number of hydrogen-bond acceptors (Lipinski definition) is 5. The summed E-state index contributed by atoms with van der Waals surface area (Å²) in [6.07, 6.45) is 7.12. The Hall–Kier alpha value is -1.99. The highest BCUT2D eigenvalue weighted by Crippen LogP contribution is 2.30. The first-order valence-electron chi connectivity index (χ1n) is 11.5. The molecule has 0 aromatic carbocycles. The van der Waals surface area contributed by atoms with E-state index in [-0.39, 0.29) is 17.7 Å². The molecule has 3 N–H and O–H groups in total. The molecule has 0 bridgehead atoms. The van der Waals surface area contributed by atoms with Crippen LogP contribution in [0.4, 0.5) is 0 Å². The molecule has 0 saturated carbocycles. The van der Waals surface area contributed by atoms with Crippen molar-refractivity contribution >= 4 is 11.8 Å². The number of pyridine rings is 1. The van der Waals surface area contributed by atoms with Gasteiger partial charge in [0.1, 0.15) is 5.69 Å². The molecule has 0 aliphatic carbocycles. The lowest BCUT2D eigenvalue weighted by molar-refractivity contribution is -0.129. The summed E-state index contributed by atoms with van der Waals surface area (Å²) >= 11 is 0. The molecule has 164 valence electrons. The molecule has 7 nitrogen and oxygen atoms in total. The van der Waals surface area contributed by atoms with E-state index in [2.05, 4.69) is 38.8 Å². The lowest BCUT2D eigenvalue weighted by Gasteiger charge is -2.44. The topological polar surface area (TPSA) is 86.4 Å². The van der Waals surface area contributed by atoms with Crippen LogP contribution in [0.5, 0.6) is 0 Å². The van der Waals surface area contributed by atoms with Crippen LogP contribution in [0, 0.1) is 11.8 Å². The van der Waals surface area contributed by atoms with Gasteiger partial charge >= 0.3 is 0 Å². The number of carbonyl (C=O) groups is 2. The molecule has 1 aromatic heterocycles. The molecule has 2 amide bonds. The van der Waals surface area contributed by atoms with Crippen molar-refractivity contribution in [3.05, 3.63) is 29.6 Å². The molecule has 4 heterocycles. The third-order valence-corrected chi connectivity index (χ3v) is 7.29. The molecule has 3 aliphatic heterocycles. The molecule has 7 heteroatoms. The minimum absolute atomic E-state index is 0.140. The zero-order valence-electron chi connectivity index (χ0n) is 18.2. The van der Waals surface area contributed by atoms with E-state index in [0.29, 0.717) is 29.6 Å². The Morgan fingerprint density at radius 2 is 2.03 bits per heavy atom. The van der Waals surface area contributed by atoms with Crippen molar-refractivity contribution in [2.75, 3.05) is 33.2 Å². The fraction of sp³-hybridized carbons (Fsp3) is 0.696. The summed E-state index contributed by atoms with van der Waals surface area (Å²) in [5.41, 5.74) is 1.71. The fourth-order valence-electron chi connectivity index (χ4n) is 5.40. The van der Waals surface area contributed by atoms with Crippen molar-refractivity contribution in [3.8, 4) is 0 Å². The van der Waals surface area contributed by atoms with Crippen LogP contribution in [0.15, 0.2) is 18.3 Å². The van der Waals surface area contributed by atoms with Gasteiger partial charge in [0.2, 0.25) is 5.91 Å². The van der Waals surface area contributed by atoms with Gasteiger partial charge in [-0.2, -0.15) is 0 Å². The van der Waals surface area contributed by atoms with Gasteiger partial charge in [0.25, 0.3) is 5.91 Å². The Kier molecular flexibility index (Phi) is 6.68. The Balaban J connectivity index is 1.24. The number of aromatic nitrogens is 1. The molecule has 4 rings (SSSR count). The Labute approximate surface area is 179 Å². The first kappa shape index (κ1) is 21.2. The maximum Gasteiger partial charge on any atom is 0.269 e. The van der Waals surface area contributed by atoms with Crippen LogP contribution in [0.1, 0.15) is 61.0 Å². The molecule has 1 aromatic rings. The van der Waals surface area contributed by atoms with Gasteiger partial charge < -0.3 is 20.9 Å². The van der Waals surface area contributed by atoms with Gasteiger partial charge in [0.15, 0.2) is 0 Å². The van der Waals surface area contributed by atoms with Gasteiger partial charge in [-0.15, -0.1) is 0 Å². The smallest absolute Gasteiger partial charge is 0.269 e. The summed E-state index contributed by atoms with van der Waals surface area (Å²) in [6, 6.07) is 4.62. The third-order valence-electron chi connectivity index (χ3n) is 7.29. The van der Waals surface area contributed by atoms with Crippen LogP contribution < -0.4 is 16.0 Å². The van der Waals surface area contributed by atoms with E-state index in [1.807, 2.05) is 12.3 Å². The average Bonchev–Trinajstić information content (AvgIpc) is 2.78. The van der Waals surface area contributed by atoms with Crippen LogP contribution >= 0.6 is 0 Å². The average molecular weight is 414 g/mol. The first-order valence-corrected chi connectivity index (χ1v) is 11.5. The third kappa shape index (κ3) is 4.67. The van der Waals surface area contributed by atoms with E-state index in [0.717, 1.165) is 58.3 Å². The first-order chi connectivity index (χ1) is 14.6. The summed E-state index contributed by atoms with van der Waals surface area (Å²) in [7, 11) is 1.62. The van der Waals surface area contributed by atoms with E-state index in [9.17, 15) is 9.59 Å². The van der Waals surface area contributed by atoms with Crippen LogP contribution in [-0.4, -0.2) is 67.0 Å². The summed E-state index contributed by atoms with van der Waals surface area (Å²) in [6.45, 7) is 6.45. The number of piperidine rings is 3. The second-order valence-electron chi connectivity index (χ2n) is 9.20. The SMILES string of the molecule is CCC1CC2NCC(CN3CCC(c4ccc(C(=O)NC)nc4)CC3)CC2NC1=O. The van der Waals surface area contributed by atoms with E-state index in [1.165, 1.54) is 5.56 Å². The number of nitrogens with one attached hydrogen (secondary N) is 3. The molecule has 0 radical (unpaired) electrons. The van der Waals surface area contributed by atoms with Crippen LogP contribution in [-0.2, 0) is 4.79 Å². The minimum atomic E-state index is -0.140. The molecule has 3 saturated heterocycles. The van der Waals surface area contributed by atoms with Crippen LogP contribution in [0.25, 0.3) is 0 Å². The molecule has 30 heavy (non-hydrogen) atoms. The van der Waals surface area contributed by atoms with Gasteiger partial charge in [0, 0.05) is 37.8 Å². The van der Waals surface area contributed by atoms with Crippen molar-refractivity contribution in [2.45, 2.75) is 57.0 Å². The number of likely N-dealkylation sites (tertiary alicyclic amines) is 1. The van der Waals surface area contributed by atoms with Gasteiger partial charge in [-0.1, -0.05) is 13.0 Å². The number of hydrogen-bond donors (Lipinski definition) is 3. The normalized spacial score (nSPS) is 30.4. The van der Waals surface area contributed by atoms with Gasteiger partial charge in [-0.05, 0) is 75.2 Å². The quantitative estimate of drug-likeness (QED) is 0.681. The van der Waals surface area contributed by atoms with Crippen molar-refractivity contribution in [2.24, 2.45) is 11.8 Å². The molecular formula is C23H35N5O2. The van der Waals surface area contributed by atoms with Gasteiger partial charge in [-0.3, -0.25) is 14.6 Å². The Morgan fingerprint density at radius 3 is 2.70 bits per heavy atom. The van der Waals surface area contributed by atoms with E-state index >= 15 is 0 Å². The fourth-order valence-corrected chi connectivity index (χ4v) is 5.40. The standard InChI is InChI=1S/C23H35N5O2/c1-3-16-11-20-21(27-22(16)29)10-15(12-25-20)14-28-8-6-17(7-9-28)18-4-5-19(26-13-18)23(30)24-2/h4-5,13,15-17,20-21,25H,3,6-12,14H2,1-2H3,(H,24,30)(H,27,29). The minimum Gasteiger partial charge on any atom is -0.354 e. The number of nitrogens with zero attached hydrogens (tertiary/aromatic N) is 2. The summed E-state index contributed by atoms with van der Waals surface area (Å²) in [5.74, 6) is 1.39. The molecule has 0 spiro atoms. The molecule has 3 fully saturated rings. The Morgan fingerprint density at radius 1 is 1.23 bits per heavy atom. The highest BCUT2D eigenvalue weighted by molar-refractivity contribution is 5.91. The molecular weight excluding hydrogens is 378 g/mol. The van der Waals surface area contributed by atoms with Crippen LogP contribution in [0.2, 0.25) is 0 Å². The lowest BCUT2D eigenvalue weighted by atomic mass is 9.80. The van der Waals surface area contributed by atoms with Crippen LogP contribution in [0.3, 0.4) is 0 Å². The number of rotatable bonds is 5. The van der Waals surface area contributed by atoms with Crippen molar-refractivity contribution in [1.82, 2.24) is 25.8 Å². The summed E-state index contributed by atoms with van der Waals surface area (Å²) < 4.78 is 0. The van der Waals surface area contributed by atoms with Crippen molar-refractivity contribution < 1.29 is 9.59 Å². The van der Waals surface area contributed by atoms with Gasteiger partial charge in [0.05, 0.1) is 0 Å². The zero-order valence-corrected chi connectivity index (χ0v) is 18.2. The van der Waals surface area contributed by atoms with Crippen molar-refractivity contribution in [1.29, 1.82) is 0 Å². The maximum absolute atomic E-state index is 12.2. The zero-order chi connectivity index (χ0) is 21.1. The number of fused-ring (bicyclic) bond motifs is 1. The highest BCUT2D eigenvalue weighted by atomic mass is 16.2. The monoisotopic (exact) mass is 413 g/mol. The predicted molar refractivity (Wildman–Crippen MR) is 116 cm³/mol. The second-order valence-corrected chi connectivity index (χ2v) is 9.20. The second kappa shape index (κ2) is 9.43. The molecule has 4 unspecified atom stereocenters. The summed E-state index contributed by atoms with van der Waals surface area (Å²) in [5, 5.41) is 9.61. The predicted octanol–water partition coefficient (Wildman–Crippen LogP) is 1.51. The van der Waals surface area contributed by atoms with E-state index < -0.39 is 0 Å².